The van der Waals surface area contributed by atoms with Gasteiger partial charge in [0.2, 0.25) is 0 Å². The maximum absolute atomic E-state index is 13.8. The minimum Gasteiger partial charge on any atom is -0.493 e. The number of ether oxygens (including phenoxy) is 3. The predicted molar refractivity (Wildman–Crippen MR) is 145 cm³/mol. The van der Waals surface area contributed by atoms with Crippen molar-refractivity contribution in [1.82, 2.24) is 4.57 Å². The van der Waals surface area contributed by atoms with Gasteiger partial charge in [-0.25, -0.2) is 9.79 Å². The molecule has 1 aliphatic rings. The van der Waals surface area contributed by atoms with Crippen LogP contribution in [0, 0.1) is 0 Å². The van der Waals surface area contributed by atoms with Crippen molar-refractivity contribution in [2.24, 2.45) is 4.99 Å². The Morgan fingerprint density at radius 2 is 1.74 bits per heavy atom. The van der Waals surface area contributed by atoms with Gasteiger partial charge in [0.25, 0.3) is 5.56 Å². The number of methoxy groups -OCH3 is 2. The van der Waals surface area contributed by atoms with E-state index in [2.05, 4.69) is 37.9 Å². The van der Waals surface area contributed by atoms with E-state index in [1.807, 2.05) is 18.2 Å². The molecule has 0 bridgehead atoms. The maximum Gasteiger partial charge on any atom is 0.338 e. The highest BCUT2D eigenvalue weighted by Crippen LogP contribution is 2.36. The van der Waals surface area contributed by atoms with Crippen LogP contribution in [0.5, 0.6) is 11.5 Å². The summed E-state index contributed by atoms with van der Waals surface area (Å²) in [6.07, 6.45) is 1.83. The van der Waals surface area contributed by atoms with E-state index in [-0.39, 0.29) is 28.0 Å². The molecule has 0 spiro atoms. The second kappa shape index (κ2) is 10.4. The molecular weight excluding hydrogens is 504 g/mol. The Labute approximate surface area is 224 Å². The van der Waals surface area contributed by atoms with Crippen LogP contribution < -0.4 is 24.4 Å². The van der Waals surface area contributed by atoms with E-state index < -0.39 is 18.0 Å². The van der Waals surface area contributed by atoms with Crippen molar-refractivity contribution in [3.8, 4) is 11.5 Å². The monoisotopic (exact) mass is 534 g/mol. The number of rotatable bonds is 5. The second-order valence-corrected chi connectivity index (χ2v) is 11.0. The zero-order valence-electron chi connectivity index (χ0n) is 22.4. The van der Waals surface area contributed by atoms with E-state index in [4.69, 9.17) is 14.2 Å². The van der Waals surface area contributed by atoms with Crippen molar-refractivity contribution in [3.05, 3.63) is 90.1 Å². The van der Waals surface area contributed by atoms with Gasteiger partial charge in [0.15, 0.2) is 16.3 Å². The zero-order chi connectivity index (χ0) is 27.8. The van der Waals surface area contributed by atoms with Gasteiger partial charge in [0, 0.05) is 6.92 Å². The number of fused-ring (bicyclic) bond motifs is 1. The summed E-state index contributed by atoms with van der Waals surface area (Å²) in [6.45, 7) is 9.45. The Hall–Kier alpha value is -3.98. The summed E-state index contributed by atoms with van der Waals surface area (Å²) in [5.74, 6) is -0.565. The van der Waals surface area contributed by atoms with Gasteiger partial charge < -0.3 is 14.2 Å². The summed E-state index contributed by atoms with van der Waals surface area (Å²) in [7, 11) is 2.74. The third-order valence-corrected chi connectivity index (χ3v) is 7.24. The first kappa shape index (κ1) is 27.1. The fraction of sp³-hybridized carbons (Fsp3) is 0.310. The number of hydrogen-bond donors (Lipinski definition) is 0. The van der Waals surface area contributed by atoms with Crippen molar-refractivity contribution in [2.75, 3.05) is 14.2 Å². The Bertz CT molecular complexity index is 1620. The molecule has 38 heavy (non-hydrogen) atoms. The molecule has 0 fully saturated rings. The van der Waals surface area contributed by atoms with Gasteiger partial charge >= 0.3 is 11.9 Å². The highest BCUT2D eigenvalue weighted by Gasteiger charge is 2.33. The lowest BCUT2D eigenvalue weighted by atomic mass is 9.87. The van der Waals surface area contributed by atoms with Gasteiger partial charge in [-0.3, -0.25) is 14.2 Å². The van der Waals surface area contributed by atoms with Crippen molar-refractivity contribution in [2.45, 2.75) is 46.1 Å². The molecule has 9 heteroatoms. The van der Waals surface area contributed by atoms with Crippen LogP contribution in [0.4, 0.5) is 0 Å². The molecule has 2 heterocycles. The van der Waals surface area contributed by atoms with Crippen molar-refractivity contribution >= 4 is 29.4 Å². The summed E-state index contributed by atoms with van der Waals surface area (Å²) in [5.41, 5.74) is 3.09. The highest BCUT2D eigenvalue weighted by molar-refractivity contribution is 7.07. The summed E-state index contributed by atoms with van der Waals surface area (Å²) >= 11 is 1.25. The van der Waals surface area contributed by atoms with E-state index in [9.17, 15) is 14.4 Å². The molecule has 0 saturated heterocycles. The largest absolute Gasteiger partial charge is 0.493 e. The van der Waals surface area contributed by atoms with Crippen LogP contribution in [0.25, 0.3) is 6.08 Å². The molecule has 2 aromatic carbocycles. The van der Waals surface area contributed by atoms with Gasteiger partial charge in [-0.1, -0.05) is 62.4 Å². The molecule has 1 unspecified atom stereocenters. The molecule has 0 saturated carbocycles. The number of carbonyl (C=O) groups is 2. The van der Waals surface area contributed by atoms with Crippen LogP contribution in [-0.2, 0) is 19.7 Å². The topological polar surface area (TPSA) is 96.2 Å². The SMILES string of the molecule is COC(=O)C1=C(C)N=c2sc(=Cc3ccc(C(C)(C)C)cc3)c(=O)n2C1c1ccc(OC(C)=O)c(OC)c1. The van der Waals surface area contributed by atoms with Crippen LogP contribution in [0.3, 0.4) is 0 Å². The Morgan fingerprint density at radius 3 is 2.32 bits per heavy atom. The average molecular weight is 535 g/mol. The third kappa shape index (κ3) is 5.19. The van der Waals surface area contributed by atoms with E-state index in [0.717, 1.165) is 5.56 Å². The molecule has 0 aliphatic carbocycles. The molecule has 1 atom stereocenters. The number of nitrogens with zero attached hydrogens (tertiary/aromatic N) is 2. The quantitative estimate of drug-likeness (QED) is 0.366. The normalized spacial score (nSPS) is 15.6. The molecule has 8 nitrogen and oxygen atoms in total. The first-order valence-corrected chi connectivity index (χ1v) is 12.8. The van der Waals surface area contributed by atoms with Gasteiger partial charge in [-0.15, -0.1) is 0 Å². The Morgan fingerprint density at radius 1 is 1.05 bits per heavy atom. The van der Waals surface area contributed by atoms with E-state index in [0.29, 0.717) is 20.6 Å². The number of hydrogen-bond acceptors (Lipinski definition) is 8. The van der Waals surface area contributed by atoms with Crippen LogP contribution >= 0.6 is 11.3 Å². The number of benzene rings is 2. The summed E-state index contributed by atoms with van der Waals surface area (Å²) in [4.78, 5) is 43.2. The van der Waals surface area contributed by atoms with Crippen LogP contribution in [0.15, 0.2) is 63.5 Å². The maximum atomic E-state index is 13.8. The molecule has 0 amide bonds. The molecule has 0 radical (unpaired) electrons. The van der Waals surface area contributed by atoms with Crippen molar-refractivity contribution in [1.29, 1.82) is 0 Å². The number of aromatic nitrogens is 1. The smallest absolute Gasteiger partial charge is 0.338 e. The standard InChI is InChI=1S/C29H30N2O6S/c1-16-24(27(34)36-7)25(19-10-13-21(37-17(2)32)22(15-19)35-6)31-26(33)23(38-28(31)30-16)14-18-8-11-20(12-9-18)29(3,4)5/h8-15,25H,1-7H3. The highest BCUT2D eigenvalue weighted by atomic mass is 32.1. The zero-order valence-corrected chi connectivity index (χ0v) is 23.3. The summed E-state index contributed by atoms with van der Waals surface area (Å²) < 4.78 is 17.7. The molecule has 1 aromatic heterocycles. The number of thiazole rings is 1. The number of esters is 2. The van der Waals surface area contributed by atoms with Crippen LogP contribution in [-0.4, -0.2) is 30.7 Å². The first-order chi connectivity index (χ1) is 17.9. The van der Waals surface area contributed by atoms with Gasteiger partial charge in [-0.2, -0.15) is 0 Å². The minimum absolute atomic E-state index is 0.0196. The predicted octanol–water partition coefficient (Wildman–Crippen LogP) is 3.64. The Kier molecular flexibility index (Phi) is 7.42. The number of carbonyl (C=O) groups excluding carboxylic acids is 2. The van der Waals surface area contributed by atoms with Crippen molar-refractivity contribution < 1.29 is 23.8 Å². The molecule has 0 N–H and O–H groups in total. The lowest BCUT2D eigenvalue weighted by Crippen LogP contribution is -2.39. The summed E-state index contributed by atoms with van der Waals surface area (Å²) in [6, 6.07) is 12.2. The van der Waals surface area contributed by atoms with Gasteiger partial charge in [0.05, 0.1) is 36.1 Å². The molecular formula is C29H30N2O6S. The first-order valence-electron chi connectivity index (χ1n) is 12.0. The fourth-order valence-electron chi connectivity index (χ4n) is 4.33. The lowest BCUT2D eigenvalue weighted by molar-refractivity contribution is -0.136. The van der Waals surface area contributed by atoms with Crippen molar-refractivity contribution in [3.63, 3.8) is 0 Å². The van der Waals surface area contributed by atoms with Crippen LogP contribution in [0.2, 0.25) is 0 Å². The second-order valence-electron chi connectivity index (χ2n) is 9.95. The van der Waals surface area contributed by atoms with E-state index in [1.54, 1.807) is 25.1 Å². The molecule has 3 aromatic rings. The molecule has 1 aliphatic heterocycles. The van der Waals surface area contributed by atoms with E-state index in [1.165, 1.54) is 42.6 Å². The summed E-state index contributed by atoms with van der Waals surface area (Å²) in [5, 5.41) is 0. The molecule has 4 rings (SSSR count). The minimum atomic E-state index is -0.815. The Balaban J connectivity index is 1.90. The molecule has 198 valence electrons. The fourth-order valence-corrected chi connectivity index (χ4v) is 5.38. The van der Waals surface area contributed by atoms with Gasteiger partial charge in [-0.05, 0) is 47.2 Å². The third-order valence-electron chi connectivity index (χ3n) is 6.26. The lowest BCUT2D eigenvalue weighted by Gasteiger charge is -2.25. The number of allylic oxidation sites excluding steroid dienone is 1. The average Bonchev–Trinajstić information content (AvgIpc) is 3.16. The van der Waals surface area contributed by atoms with Crippen LogP contribution in [0.1, 0.15) is 57.4 Å². The van der Waals surface area contributed by atoms with Gasteiger partial charge in [0.1, 0.15) is 0 Å². The van der Waals surface area contributed by atoms with E-state index >= 15 is 0 Å².